The molecule has 0 unspecified atom stereocenters. The van der Waals surface area contributed by atoms with Crippen LogP contribution in [0.1, 0.15) is 59.2 Å². The minimum Gasteiger partial charge on any atom is -0.398 e. The van der Waals surface area contributed by atoms with E-state index in [2.05, 4.69) is 9.88 Å². The number of allylic oxidation sites excluding steroid dienone is 1. The van der Waals surface area contributed by atoms with Gasteiger partial charge in [0.05, 0.1) is 5.56 Å². The number of carbonyl (C=O) groups excluding carboxylic acids is 3. The number of H-pyrrole nitrogens is 1. The lowest BCUT2D eigenvalue weighted by molar-refractivity contribution is -0.111. The highest BCUT2D eigenvalue weighted by molar-refractivity contribution is 6.64. The molecule has 0 aliphatic carbocycles. The van der Waals surface area contributed by atoms with Crippen LogP contribution < -0.4 is 5.73 Å². The van der Waals surface area contributed by atoms with E-state index in [0.717, 1.165) is 23.6 Å². The summed E-state index contributed by atoms with van der Waals surface area (Å²) < 4.78 is 0. The van der Waals surface area contributed by atoms with Crippen LogP contribution in [0.25, 0.3) is 11.6 Å². The largest absolute Gasteiger partial charge is 0.398 e. The van der Waals surface area contributed by atoms with E-state index < -0.39 is 11.3 Å². The second-order valence-electron chi connectivity index (χ2n) is 8.11. The lowest BCUT2D eigenvalue weighted by Crippen LogP contribution is -2.40. The first-order valence-electron chi connectivity index (χ1n) is 11.0. The van der Waals surface area contributed by atoms with Crippen LogP contribution >= 0.6 is 11.6 Å². The summed E-state index contributed by atoms with van der Waals surface area (Å²) in [4.78, 5) is 44.2. The van der Waals surface area contributed by atoms with Crippen molar-refractivity contribution >= 4 is 46.0 Å². The number of nitrogens with two attached hydrogens (primary N) is 1. The zero-order valence-corrected chi connectivity index (χ0v) is 21.0. The van der Waals surface area contributed by atoms with Gasteiger partial charge in [-0.1, -0.05) is 25.5 Å². The number of hydrogen-bond donors (Lipinski definition) is 2. The van der Waals surface area contributed by atoms with Crippen molar-refractivity contribution in [1.29, 1.82) is 0 Å². The van der Waals surface area contributed by atoms with Gasteiger partial charge in [-0.25, -0.2) is 0 Å². The molecule has 178 valence electrons. The Labute approximate surface area is 200 Å². The number of carbonyl (C=O) groups is 3. The summed E-state index contributed by atoms with van der Waals surface area (Å²) in [6.45, 7) is 13.3. The van der Waals surface area contributed by atoms with Crippen molar-refractivity contribution in [2.24, 2.45) is 0 Å². The van der Waals surface area contributed by atoms with Gasteiger partial charge in [0.15, 0.2) is 5.78 Å². The molecule has 8 heteroatoms. The van der Waals surface area contributed by atoms with Crippen molar-refractivity contribution in [1.82, 2.24) is 14.8 Å². The maximum absolute atomic E-state index is 13.3. The molecule has 0 spiro atoms. The monoisotopic (exact) mass is 472 g/mol. The van der Waals surface area contributed by atoms with Crippen LogP contribution in [0.4, 0.5) is 10.5 Å². The van der Waals surface area contributed by atoms with Crippen LogP contribution in [0.5, 0.6) is 0 Å². The lowest BCUT2D eigenvalue weighted by Gasteiger charge is -2.23. The number of aromatic nitrogens is 1. The second-order valence-corrected chi connectivity index (χ2v) is 8.43. The molecular formula is C25H33ClN4O3. The highest BCUT2D eigenvalue weighted by Crippen LogP contribution is 2.29. The van der Waals surface area contributed by atoms with Crippen molar-refractivity contribution in [3.05, 3.63) is 51.8 Å². The molecular weight excluding hydrogens is 440 g/mol. The van der Waals surface area contributed by atoms with Gasteiger partial charge in [-0.3, -0.25) is 19.3 Å². The summed E-state index contributed by atoms with van der Waals surface area (Å²) in [5.41, 5.74) is 10.9. The van der Waals surface area contributed by atoms with Crippen LogP contribution in [-0.4, -0.2) is 58.0 Å². The Kier molecular flexibility index (Phi) is 9.02. The van der Waals surface area contributed by atoms with E-state index in [-0.39, 0.29) is 12.3 Å². The molecule has 1 aromatic heterocycles. The molecule has 3 N–H and O–H groups in total. The first-order valence-corrected chi connectivity index (χ1v) is 11.4. The van der Waals surface area contributed by atoms with E-state index >= 15 is 0 Å². The molecule has 0 aliphatic heterocycles. The summed E-state index contributed by atoms with van der Waals surface area (Å²) in [5.74, 6) is -0.615. The number of halogens is 1. The molecule has 2 rings (SSSR count). The van der Waals surface area contributed by atoms with Crippen LogP contribution in [0, 0.1) is 20.8 Å². The molecule has 0 saturated carbocycles. The molecule has 0 fully saturated rings. The smallest absolute Gasteiger partial charge is 0.323 e. The van der Waals surface area contributed by atoms with Crippen LogP contribution in [-0.2, 0) is 4.79 Å². The van der Waals surface area contributed by atoms with Crippen molar-refractivity contribution < 1.29 is 14.4 Å². The molecule has 1 aromatic carbocycles. The Morgan fingerprint density at radius 3 is 2.27 bits per heavy atom. The van der Waals surface area contributed by atoms with Crippen molar-refractivity contribution in [2.75, 3.05) is 31.9 Å². The Balaban J connectivity index is 2.49. The summed E-state index contributed by atoms with van der Waals surface area (Å²) in [6.07, 6.45) is 1.70. The van der Waals surface area contributed by atoms with Gasteiger partial charge in [0, 0.05) is 41.3 Å². The van der Waals surface area contributed by atoms with E-state index in [0.29, 0.717) is 45.9 Å². The average Bonchev–Trinajstić information content (AvgIpc) is 3.03. The number of imide groups is 1. The minimum absolute atomic E-state index is 0.149. The first kappa shape index (κ1) is 26.4. The number of benzene rings is 1. The fourth-order valence-corrected chi connectivity index (χ4v) is 4.00. The molecule has 7 nitrogen and oxygen atoms in total. The molecule has 0 aliphatic rings. The first-order chi connectivity index (χ1) is 15.5. The third-order valence-corrected chi connectivity index (χ3v) is 6.05. The lowest BCUT2D eigenvalue weighted by atomic mass is 9.97. The number of anilines is 1. The van der Waals surface area contributed by atoms with Gasteiger partial charge < -0.3 is 15.6 Å². The van der Waals surface area contributed by atoms with Crippen molar-refractivity contribution in [3.63, 3.8) is 0 Å². The van der Waals surface area contributed by atoms with Gasteiger partial charge in [0.2, 0.25) is 0 Å². The number of likely N-dealkylation sites (N-methyl/N-ethyl adjacent to an activating group) is 1. The number of ketones is 1. The van der Waals surface area contributed by atoms with Crippen LogP contribution in [0.2, 0.25) is 0 Å². The summed E-state index contributed by atoms with van der Waals surface area (Å²) in [7, 11) is 0. The maximum atomic E-state index is 13.3. The van der Waals surface area contributed by atoms with Crippen LogP contribution in [0.3, 0.4) is 0 Å². The maximum Gasteiger partial charge on any atom is 0.323 e. The number of nitrogen functional groups attached to an aromatic ring is 1. The van der Waals surface area contributed by atoms with Crippen molar-refractivity contribution in [2.45, 2.75) is 41.5 Å². The number of amides is 2. The zero-order valence-electron chi connectivity index (χ0n) is 20.2. The van der Waals surface area contributed by atoms with Gasteiger partial charge in [-0.05, 0) is 76.2 Å². The summed E-state index contributed by atoms with van der Waals surface area (Å²) in [6, 6.07) is 5.51. The SMILES string of the molecule is CCN(CC)CCN(C(=O)Cl)C(=O)c1c(C)[nH]c(/C=C(\C(C)=O)c2cc(C)ccc2N)c1C. The topological polar surface area (TPSA) is 99.5 Å². The van der Waals surface area contributed by atoms with E-state index in [4.69, 9.17) is 17.3 Å². The molecule has 0 atom stereocenters. The number of nitrogens with zero attached hydrogens (tertiary/aromatic N) is 2. The number of aryl methyl sites for hydroxylation is 2. The Hall–Kier alpha value is -2.90. The Morgan fingerprint density at radius 2 is 1.73 bits per heavy atom. The van der Waals surface area contributed by atoms with Gasteiger partial charge in [0.1, 0.15) is 0 Å². The normalized spacial score (nSPS) is 11.7. The average molecular weight is 473 g/mol. The van der Waals surface area contributed by atoms with Gasteiger partial charge in [-0.15, -0.1) is 0 Å². The Bertz CT molecular complexity index is 1080. The number of Topliss-reactive ketones (excluding diaryl/α,β-unsaturated/α-hetero) is 1. The minimum atomic E-state index is -0.818. The number of rotatable bonds is 9. The van der Waals surface area contributed by atoms with E-state index in [1.807, 2.05) is 32.9 Å². The molecule has 0 saturated heterocycles. The quantitative estimate of drug-likeness (QED) is 0.236. The number of aromatic amines is 1. The van der Waals surface area contributed by atoms with E-state index in [1.165, 1.54) is 6.92 Å². The molecule has 0 radical (unpaired) electrons. The summed E-state index contributed by atoms with van der Waals surface area (Å²) >= 11 is 5.78. The second kappa shape index (κ2) is 11.3. The van der Waals surface area contributed by atoms with E-state index in [1.54, 1.807) is 26.0 Å². The predicted molar refractivity (Wildman–Crippen MR) is 134 cm³/mol. The van der Waals surface area contributed by atoms with E-state index in [9.17, 15) is 14.4 Å². The predicted octanol–water partition coefficient (Wildman–Crippen LogP) is 4.79. The number of nitrogens with one attached hydrogen (secondary N) is 1. The zero-order chi connectivity index (χ0) is 24.9. The van der Waals surface area contributed by atoms with Gasteiger partial charge >= 0.3 is 5.37 Å². The molecule has 2 amide bonds. The fourth-order valence-electron chi connectivity index (χ4n) is 3.84. The molecule has 0 bridgehead atoms. The molecule has 33 heavy (non-hydrogen) atoms. The highest BCUT2D eigenvalue weighted by Gasteiger charge is 2.27. The van der Waals surface area contributed by atoms with Crippen LogP contribution in [0.15, 0.2) is 18.2 Å². The third-order valence-electron chi connectivity index (χ3n) is 5.85. The fraction of sp³-hybridized carbons (Fsp3) is 0.400. The number of hydrogen-bond acceptors (Lipinski definition) is 5. The van der Waals surface area contributed by atoms with Gasteiger partial charge in [0.25, 0.3) is 5.91 Å². The highest BCUT2D eigenvalue weighted by atomic mass is 35.5. The third kappa shape index (κ3) is 6.12. The Morgan fingerprint density at radius 1 is 1.09 bits per heavy atom. The molecule has 1 heterocycles. The summed E-state index contributed by atoms with van der Waals surface area (Å²) in [5, 5.41) is -0.818. The van der Waals surface area contributed by atoms with Crippen molar-refractivity contribution in [3.8, 4) is 0 Å². The molecule has 2 aromatic rings. The standard InChI is InChI=1S/C25H33ClN4O3/c1-7-29(8-2)11-12-30(25(26)33)24(32)23-16(4)22(28-17(23)5)14-19(18(6)31)20-13-15(3)9-10-21(20)27/h9-10,13-14,28H,7-8,11-12,27H2,1-6H3/b19-14+. The van der Waals surface area contributed by atoms with Gasteiger partial charge in [-0.2, -0.15) is 0 Å².